The van der Waals surface area contributed by atoms with Gasteiger partial charge < -0.3 is 5.11 Å². The van der Waals surface area contributed by atoms with Crippen LogP contribution in [0.25, 0.3) is 0 Å². The number of hydrogen-bond acceptors (Lipinski definition) is 1. The summed E-state index contributed by atoms with van der Waals surface area (Å²) in [5.74, 6) is -0.793. The molecule has 0 aliphatic carbocycles. The number of halogens is 2. The molecule has 0 spiro atoms. The SMILES string of the molecule is O=C(O)CCc1ccc(Br)c(Cl)c1. The number of carboxylic acid groups (broad SMARTS) is 1. The lowest BCUT2D eigenvalue weighted by molar-refractivity contribution is -0.136. The van der Waals surface area contributed by atoms with Gasteiger partial charge in [0, 0.05) is 10.9 Å². The molecule has 0 unspecified atom stereocenters. The second kappa shape index (κ2) is 4.63. The molecule has 70 valence electrons. The largest absolute Gasteiger partial charge is 0.481 e. The molecule has 0 saturated carbocycles. The Hall–Kier alpha value is -0.540. The van der Waals surface area contributed by atoms with Gasteiger partial charge in [-0.2, -0.15) is 0 Å². The van der Waals surface area contributed by atoms with Gasteiger partial charge in [-0.15, -0.1) is 0 Å². The molecule has 0 heterocycles. The molecule has 0 saturated heterocycles. The molecule has 0 aliphatic rings. The predicted octanol–water partition coefficient (Wildman–Crippen LogP) is 3.12. The minimum atomic E-state index is -0.793. The van der Waals surface area contributed by atoms with Crippen LogP contribution in [0.1, 0.15) is 12.0 Å². The molecule has 4 heteroatoms. The van der Waals surface area contributed by atoms with Gasteiger partial charge in [-0.3, -0.25) is 4.79 Å². The normalized spacial score (nSPS) is 10.0. The summed E-state index contributed by atoms with van der Waals surface area (Å²) in [5, 5.41) is 9.07. The lowest BCUT2D eigenvalue weighted by atomic mass is 10.1. The van der Waals surface area contributed by atoms with Crippen molar-refractivity contribution in [2.24, 2.45) is 0 Å². The molecule has 0 atom stereocenters. The molecule has 2 nitrogen and oxygen atoms in total. The van der Waals surface area contributed by atoms with Crippen molar-refractivity contribution >= 4 is 33.5 Å². The number of aryl methyl sites for hydroxylation is 1. The van der Waals surface area contributed by atoms with Crippen LogP contribution in [-0.4, -0.2) is 11.1 Å². The van der Waals surface area contributed by atoms with E-state index in [2.05, 4.69) is 15.9 Å². The van der Waals surface area contributed by atoms with Gasteiger partial charge in [-0.1, -0.05) is 17.7 Å². The third kappa shape index (κ3) is 3.36. The second-order valence-electron chi connectivity index (χ2n) is 2.64. The lowest BCUT2D eigenvalue weighted by Gasteiger charge is -2.00. The van der Waals surface area contributed by atoms with Crippen molar-refractivity contribution in [3.05, 3.63) is 33.3 Å². The molecule has 0 radical (unpaired) electrons. The quantitative estimate of drug-likeness (QED) is 0.910. The molecule has 0 fully saturated rings. The van der Waals surface area contributed by atoms with Gasteiger partial charge in [0.15, 0.2) is 0 Å². The van der Waals surface area contributed by atoms with Crippen LogP contribution in [0, 0.1) is 0 Å². The first-order chi connectivity index (χ1) is 6.09. The zero-order valence-corrected chi connectivity index (χ0v) is 9.10. The van der Waals surface area contributed by atoms with E-state index in [0.29, 0.717) is 11.4 Å². The van der Waals surface area contributed by atoms with Crippen LogP contribution in [-0.2, 0) is 11.2 Å². The van der Waals surface area contributed by atoms with Crippen LogP contribution < -0.4 is 0 Å². The molecule has 13 heavy (non-hydrogen) atoms. The fraction of sp³-hybridized carbons (Fsp3) is 0.222. The summed E-state index contributed by atoms with van der Waals surface area (Å²) in [7, 11) is 0. The molecule has 1 rings (SSSR count). The number of carboxylic acids is 1. The molecule has 0 aliphatic heterocycles. The maximum atomic E-state index is 10.3. The van der Waals surface area contributed by atoms with Gasteiger partial charge in [0.2, 0.25) is 0 Å². The van der Waals surface area contributed by atoms with Gasteiger partial charge in [-0.25, -0.2) is 0 Å². The van der Waals surface area contributed by atoms with Gasteiger partial charge in [-0.05, 0) is 40.0 Å². The number of rotatable bonds is 3. The predicted molar refractivity (Wildman–Crippen MR) is 55.1 cm³/mol. The number of hydrogen-bond donors (Lipinski definition) is 1. The highest BCUT2D eigenvalue weighted by molar-refractivity contribution is 9.10. The van der Waals surface area contributed by atoms with Crippen LogP contribution in [0.2, 0.25) is 5.02 Å². The molecule has 1 aromatic rings. The Labute approximate surface area is 89.7 Å². The number of benzene rings is 1. The maximum Gasteiger partial charge on any atom is 0.303 e. The van der Waals surface area contributed by atoms with Crippen LogP contribution >= 0.6 is 27.5 Å². The van der Waals surface area contributed by atoms with E-state index in [-0.39, 0.29) is 6.42 Å². The Kier molecular flexibility index (Phi) is 3.75. The summed E-state index contributed by atoms with van der Waals surface area (Å²) in [4.78, 5) is 10.3. The van der Waals surface area contributed by atoms with Crippen molar-refractivity contribution in [3.63, 3.8) is 0 Å². The van der Waals surface area contributed by atoms with Crippen molar-refractivity contribution in [2.45, 2.75) is 12.8 Å². The van der Waals surface area contributed by atoms with Crippen molar-refractivity contribution in [3.8, 4) is 0 Å². The highest BCUT2D eigenvalue weighted by Gasteiger charge is 2.01. The minimum absolute atomic E-state index is 0.137. The zero-order chi connectivity index (χ0) is 9.84. The summed E-state index contributed by atoms with van der Waals surface area (Å²) in [6.07, 6.45) is 0.653. The van der Waals surface area contributed by atoms with Crippen LogP contribution in [0.5, 0.6) is 0 Å². The summed E-state index contributed by atoms with van der Waals surface area (Å²) >= 11 is 9.10. The van der Waals surface area contributed by atoms with Crippen molar-refractivity contribution < 1.29 is 9.90 Å². The van der Waals surface area contributed by atoms with E-state index in [0.717, 1.165) is 10.0 Å². The summed E-state index contributed by atoms with van der Waals surface area (Å²) in [6.45, 7) is 0. The van der Waals surface area contributed by atoms with Gasteiger partial charge in [0.25, 0.3) is 0 Å². The molecule has 0 amide bonds. The molecule has 1 N–H and O–H groups in total. The van der Waals surface area contributed by atoms with Crippen molar-refractivity contribution in [1.29, 1.82) is 0 Å². The zero-order valence-electron chi connectivity index (χ0n) is 6.76. The van der Waals surface area contributed by atoms with Gasteiger partial charge >= 0.3 is 5.97 Å². The third-order valence-electron chi connectivity index (χ3n) is 1.61. The summed E-state index contributed by atoms with van der Waals surface area (Å²) in [5.41, 5.74) is 0.940. The van der Waals surface area contributed by atoms with E-state index in [1.54, 1.807) is 6.07 Å². The molecular weight excluding hydrogens is 255 g/mol. The summed E-state index contributed by atoms with van der Waals surface area (Å²) in [6, 6.07) is 5.45. The van der Waals surface area contributed by atoms with Crippen molar-refractivity contribution in [2.75, 3.05) is 0 Å². The van der Waals surface area contributed by atoms with Gasteiger partial charge in [0.1, 0.15) is 0 Å². The number of carbonyl (C=O) groups is 1. The fourth-order valence-corrected chi connectivity index (χ4v) is 1.40. The topological polar surface area (TPSA) is 37.3 Å². The third-order valence-corrected chi connectivity index (χ3v) is 2.84. The average molecular weight is 264 g/mol. The van der Waals surface area contributed by atoms with E-state index < -0.39 is 5.97 Å². The molecule has 1 aromatic carbocycles. The maximum absolute atomic E-state index is 10.3. The van der Waals surface area contributed by atoms with Crippen molar-refractivity contribution in [1.82, 2.24) is 0 Å². The Morgan fingerprint density at radius 3 is 2.77 bits per heavy atom. The van der Waals surface area contributed by atoms with Crippen LogP contribution in [0.4, 0.5) is 0 Å². The Bertz CT molecular complexity index is 325. The average Bonchev–Trinajstić information content (AvgIpc) is 2.07. The van der Waals surface area contributed by atoms with Gasteiger partial charge in [0.05, 0.1) is 5.02 Å². The molecule has 0 aromatic heterocycles. The van der Waals surface area contributed by atoms with E-state index in [1.165, 1.54) is 0 Å². The highest BCUT2D eigenvalue weighted by atomic mass is 79.9. The second-order valence-corrected chi connectivity index (χ2v) is 3.90. The summed E-state index contributed by atoms with van der Waals surface area (Å²) < 4.78 is 0.827. The Morgan fingerprint density at radius 1 is 1.54 bits per heavy atom. The lowest BCUT2D eigenvalue weighted by Crippen LogP contribution is -1.97. The molecular formula is C9H8BrClO2. The highest BCUT2D eigenvalue weighted by Crippen LogP contribution is 2.23. The Morgan fingerprint density at radius 2 is 2.23 bits per heavy atom. The van der Waals surface area contributed by atoms with E-state index in [9.17, 15) is 4.79 Å². The van der Waals surface area contributed by atoms with Crippen LogP contribution in [0.3, 0.4) is 0 Å². The first-order valence-corrected chi connectivity index (χ1v) is 4.92. The number of aliphatic carboxylic acids is 1. The fourth-order valence-electron chi connectivity index (χ4n) is 0.946. The van der Waals surface area contributed by atoms with E-state index in [1.807, 2.05) is 12.1 Å². The smallest absolute Gasteiger partial charge is 0.303 e. The standard InChI is InChI=1S/C9H8BrClO2/c10-7-3-1-6(5-8(7)11)2-4-9(12)13/h1,3,5H,2,4H2,(H,12,13). The van der Waals surface area contributed by atoms with E-state index >= 15 is 0 Å². The Balaban J connectivity index is 2.68. The molecule has 0 bridgehead atoms. The van der Waals surface area contributed by atoms with E-state index in [4.69, 9.17) is 16.7 Å². The first-order valence-electron chi connectivity index (χ1n) is 3.75. The minimum Gasteiger partial charge on any atom is -0.481 e. The first kappa shape index (κ1) is 10.5. The monoisotopic (exact) mass is 262 g/mol. The van der Waals surface area contributed by atoms with Crippen LogP contribution in [0.15, 0.2) is 22.7 Å².